The van der Waals surface area contributed by atoms with Gasteiger partial charge in [-0.3, -0.25) is 4.79 Å². The number of nitrogens with zero attached hydrogens (tertiary/aromatic N) is 3. The van der Waals surface area contributed by atoms with Crippen molar-refractivity contribution in [2.24, 2.45) is 0 Å². The number of aryl methyl sites for hydroxylation is 1. The molecule has 0 unspecified atom stereocenters. The number of carbonyl (C=O) groups is 1. The van der Waals surface area contributed by atoms with Crippen LogP contribution in [0.4, 0.5) is 16.2 Å². The van der Waals surface area contributed by atoms with Crippen LogP contribution in [0.25, 0.3) is 0 Å². The third-order valence-electron chi connectivity index (χ3n) is 4.94. The van der Waals surface area contributed by atoms with E-state index in [1.54, 1.807) is 6.07 Å². The molecular weight excluding hydrogens is 397 g/mol. The normalized spacial score (nSPS) is 15.3. The van der Waals surface area contributed by atoms with Crippen molar-refractivity contribution in [3.8, 4) is 0 Å². The van der Waals surface area contributed by atoms with Gasteiger partial charge in [0, 0.05) is 11.8 Å². The highest BCUT2D eigenvalue weighted by atomic mass is 32.2. The van der Waals surface area contributed by atoms with E-state index in [9.17, 15) is 17.6 Å². The summed E-state index contributed by atoms with van der Waals surface area (Å²) in [7, 11) is -3.65. The van der Waals surface area contributed by atoms with Gasteiger partial charge in [0.2, 0.25) is 16.0 Å². The van der Waals surface area contributed by atoms with Crippen LogP contribution in [0.3, 0.4) is 0 Å². The van der Waals surface area contributed by atoms with Gasteiger partial charge >= 0.3 is 0 Å². The summed E-state index contributed by atoms with van der Waals surface area (Å²) in [6, 6.07) is 3.71. The number of anilines is 2. The van der Waals surface area contributed by atoms with Crippen molar-refractivity contribution in [1.29, 1.82) is 0 Å². The first-order valence-electron chi connectivity index (χ1n) is 9.38. The molecule has 2 heterocycles. The summed E-state index contributed by atoms with van der Waals surface area (Å²) >= 11 is 0. The number of hydrogen-bond donors (Lipinski definition) is 2. The maximum Gasteiger partial charge on any atom is 0.241 e. The Balaban J connectivity index is 1.99. The summed E-state index contributed by atoms with van der Waals surface area (Å²) in [4.78, 5) is 21.2. The smallest absolute Gasteiger partial charge is 0.241 e. The largest absolute Gasteiger partial charge is 0.383 e. The zero-order chi connectivity index (χ0) is 21.2. The highest BCUT2D eigenvalue weighted by molar-refractivity contribution is 7.92. The monoisotopic (exact) mass is 421 g/mol. The van der Waals surface area contributed by atoms with Crippen LogP contribution in [0.2, 0.25) is 0 Å². The Morgan fingerprint density at radius 3 is 2.59 bits per heavy atom. The van der Waals surface area contributed by atoms with E-state index in [2.05, 4.69) is 15.3 Å². The van der Waals surface area contributed by atoms with E-state index < -0.39 is 21.6 Å². The predicted molar refractivity (Wildman–Crippen MR) is 109 cm³/mol. The maximum absolute atomic E-state index is 13.7. The number of ketones is 1. The molecule has 1 aromatic carbocycles. The molecule has 3 rings (SSSR count). The van der Waals surface area contributed by atoms with Crippen LogP contribution < -0.4 is 15.4 Å². The van der Waals surface area contributed by atoms with Crippen LogP contribution in [-0.4, -0.2) is 49.6 Å². The Bertz CT molecular complexity index is 1020. The number of benzene rings is 1. The second-order valence-electron chi connectivity index (χ2n) is 6.99. The van der Waals surface area contributed by atoms with Crippen molar-refractivity contribution >= 4 is 27.6 Å². The van der Waals surface area contributed by atoms with Crippen molar-refractivity contribution in [3.05, 3.63) is 46.9 Å². The minimum atomic E-state index is -3.65. The van der Waals surface area contributed by atoms with Crippen molar-refractivity contribution in [2.75, 3.05) is 29.4 Å². The standard InChI is InChI=1S/C19H24FN5O3S/c1-3-12-4-5-13(20)10-15(12)17(26)16-11-23-19(24-18(16)21)25(29(2,27)28)14-6-8-22-9-7-14/h4-5,10-11,14,22H,3,6-9H2,1-2H3,(H2,21,23,24). The zero-order valence-corrected chi connectivity index (χ0v) is 17.2. The van der Waals surface area contributed by atoms with Crippen LogP contribution in [-0.2, 0) is 16.4 Å². The average molecular weight is 421 g/mol. The Labute approximate surface area is 169 Å². The number of carbonyl (C=O) groups excluding carboxylic acids is 1. The molecule has 8 nitrogen and oxygen atoms in total. The van der Waals surface area contributed by atoms with Gasteiger partial charge in [0.15, 0.2) is 5.78 Å². The fourth-order valence-electron chi connectivity index (χ4n) is 3.50. The van der Waals surface area contributed by atoms with E-state index in [0.29, 0.717) is 37.9 Å². The summed E-state index contributed by atoms with van der Waals surface area (Å²) < 4.78 is 39.6. The number of sulfonamides is 1. The molecule has 1 saturated heterocycles. The fourth-order valence-corrected chi connectivity index (χ4v) is 4.64. The molecule has 0 atom stereocenters. The molecule has 156 valence electrons. The number of aromatic nitrogens is 2. The van der Waals surface area contributed by atoms with Gasteiger partial charge in [0.05, 0.1) is 17.9 Å². The number of rotatable bonds is 6. The van der Waals surface area contributed by atoms with E-state index in [4.69, 9.17) is 5.73 Å². The van der Waals surface area contributed by atoms with Gasteiger partial charge in [-0.25, -0.2) is 22.1 Å². The summed E-state index contributed by atoms with van der Waals surface area (Å²) in [5.74, 6) is -1.24. The highest BCUT2D eigenvalue weighted by Gasteiger charge is 2.31. The van der Waals surface area contributed by atoms with Crippen LogP contribution in [0, 0.1) is 5.82 Å². The SMILES string of the molecule is CCc1ccc(F)cc1C(=O)c1cnc(N(C2CCNCC2)S(C)(=O)=O)nc1N. The van der Waals surface area contributed by atoms with Crippen molar-refractivity contribution in [2.45, 2.75) is 32.2 Å². The Hall–Kier alpha value is -2.59. The Kier molecular flexibility index (Phi) is 6.13. The van der Waals surface area contributed by atoms with Crippen molar-refractivity contribution < 1.29 is 17.6 Å². The fraction of sp³-hybridized carbons (Fsp3) is 0.421. The molecular formula is C19H24FN5O3S. The Morgan fingerprint density at radius 2 is 2.00 bits per heavy atom. The quantitative estimate of drug-likeness (QED) is 0.679. The molecule has 0 saturated carbocycles. The molecule has 0 aliphatic carbocycles. The lowest BCUT2D eigenvalue weighted by atomic mass is 9.98. The third-order valence-corrected chi connectivity index (χ3v) is 6.12. The van der Waals surface area contributed by atoms with Crippen LogP contribution in [0.15, 0.2) is 24.4 Å². The molecule has 2 aromatic rings. The molecule has 0 bridgehead atoms. The zero-order valence-electron chi connectivity index (χ0n) is 16.4. The molecule has 1 aliphatic rings. The number of nitrogen functional groups attached to an aromatic ring is 1. The maximum atomic E-state index is 13.7. The first-order chi connectivity index (χ1) is 13.7. The molecule has 0 radical (unpaired) electrons. The van der Waals surface area contributed by atoms with E-state index >= 15 is 0 Å². The minimum Gasteiger partial charge on any atom is -0.383 e. The summed E-state index contributed by atoms with van der Waals surface area (Å²) in [6.45, 7) is 3.22. The molecule has 1 aliphatic heterocycles. The molecule has 1 aromatic heterocycles. The number of nitrogens with two attached hydrogens (primary N) is 1. The molecule has 0 amide bonds. The lowest BCUT2D eigenvalue weighted by Crippen LogP contribution is -2.46. The van der Waals surface area contributed by atoms with Gasteiger partial charge in [-0.1, -0.05) is 13.0 Å². The number of hydrogen-bond acceptors (Lipinski definition) is 7. The predicted octanol–water partition coefficient (Wildman–Crippen LogP) is 1.51. The second-order valence-corrected chi connectivity index (χ2v) is 8.85. The van der Waals surface area contributed by atoms with Gasteiger partial charge in [-0.15, -0.1) is 0 Å². The van der Waals surface area contributed by atoms with Crippen LogP contribution >= 0.6 is 0 Å². The lowest BCUT2D eigenvalue weighted by Gasteiger charge is -2.32. The van der Waals surface area contributed by atoms with E-state index in [1.165, 1.54) is 12.3 Å². The molecule has 1 fully saturated rings. The van der Waals surface area contributed by atoms with Crippen LogP contribution in [0.1, 0.15) is 41.3 Å². The van der Waals surface area contributed by atoms with Gasteiger partial charge in [0.1, 0.15) is 11.6 Å². The first kappa shape index (κ1) is 21.1. The summed E-state index contributed by atoms with van der Waals surface area (Å²) in [5.41, 5.74) is 6.87. The lowest BCUT2D eigenvalue weighted by molar-refractivity contribution is 0.103. The van der Waals surface area contributed by atoms with E-state index in [0.717, 1.165) is 16.6 Å². The number of nitrogens with one attached hydrogen (secondary N) is 1. The van der Waals surface area contributed by atoms with E-state index in [-0.39, 0.29) is 28.9 Å². The van der Waals surface area contributed by atoms with Crippen LogP contribution in [0.5, 0.6) is 0 Å². The Morgan fingerprint density at radius 1 is 1.31 bits per heavy atom. The second kappa shape index (κ2) is 8.42. The molecule has 10 heteroatoms. The highest BCUT2D eigenvalue weighted by Crippen LogP contribution is 2.25. The number of halogens is 1. The van der Waals surface area contributed by atoms with Gasteiger partial charge < -0.3 is 11.1 Å². The molecule has 3 N–H and O–H groups in total. The number of piperidine rings is 1. The molecule has 0 spiro atoms. The average Bonchev–Trinajstić information content (AvgIpc) is 2.67. The van der Waals surface area contributed by atoms with Gasteiger partial charge in [-0.05, 0) is 50.0 Å². The topological polar surface area (TPSA) is 118 Å². The minimum absolute atomic E-state index is 0.00723. The van der Waals surface area contributed by atoms with E-state index in [1.807, 2.05) is 6.92 Å². The van der Waals surface area contributed by atoms with Crippen molar-refractivity contribution in [1.82, 2.24) is 15.3 Å². The summed E-state index contributed by atoms with van der Waals surface area (Å²) in [5, 5.41) is 3.18. The third kappa shape index (κ3) is 4.54. The van der Waals surface area contributed by atoms with Gasteiger partial charge in [-0.2, -0.15) is 4.98 Å². The van der Waals surface area contributed by atoms with Crippen molar-refractivity contribution in [3.63, 3.8) is 0 Å². The summed E-state index contributed by atoms with van der Waals surface area (Å²) in [6.07, 6.45) is 4.07. The first-order valence-corrected chi connectivity index (χ1v) is 11.2. The van der Waals surface area contributed by atoms with Gasteiger partial charge in [0.25, 0.3) is 0 Å². The molecule has 29 heavy (non-hydrogen) atoms.